The van der Waals surface area contributed by atoms with E-state index in [0.29, 0.717) is 11.0 Å². The molecule has 3 N–H and O–H groups in total. The van der Waals surface area contributed by atoms with Crippen LogP contribution in [0.25, 0.3) is 0 Å². The van der Waals surface area contributed by atoms with E-state index in [1.807, 2.05) is 52.8 Å². The van der Waals surface area contributed by atoms with E-state index in [4.69, 9.17) is 5.84 Å². The minimum absolute atomic E-state index is 0.0870. The van der Waals surface area contributed by atoms with Crippen LogP contribution >= 0.6 is 11.8 Å². The molecule has 7 heteroatoms. The van der Waals surface area contributed by atoms with Gasteiger partial charge in [0.1, 0.15) is 0 Å². The third-order valence-electron chi connectivity index (χ3n) is 3.50. The maximum absolute atomic E-state index is 12.4. The Bertz CT molecular complexity index is 710. The van der Waals surface area contributed by atoms with Gasteiger partial charge in [-0.05, 0) is 32.4 Å². The first-order valence-corrected chi connectivity index (χ1v) is 8.42. The highest BCUT2D eigenvalue weighted by molar-refractivity contribution is 8.00. The largest absolute Gasteiger partial charge is 0.336 e. The molecule has 0 fully saturated rings. The van der Waals surface area contributed by atoms with E-state index in [1.165, 1.54) is 22.0 Å². The summed E-state index contributed by atoms with van der Waals surface area (Å²) in [5.74, 6) is 6.78. The second-order valence-corrected chi connectivity index (χ2v) is 7.24. The van der Waals surface area contributed by atoms with Crippen molar-refractivity contribution in [2.75, 3.05) is 11.2 Å². The van der Waals surface area contributed by atoms with Gasteiger partial charge in [-0.15, -0.1) is 10.2 Å². The number of rotatable bonds is 5. The molecule has 0 aliphatic heterocycles. The van der Waals surface area contributed by atoms with Gasteiger partial charge in [-0.2, -0.15) is 0 Å². The average Bonchev–Trinajstić information content (AvgIpc) is 2.83. The van der Waals surface area contributed by atoms with Crippen LogP contribution in [0.15, 0.2) is 23.4 Å². The summed E-state index contributed by atoms with van der Waals surface area (Å²) < 4.78 is 1.45. The molecule has 0 aliphatic carbocycles. The standard InChI is InChI=1S/C16H23N5OS/c1-9(2)14-19-20-16(21(14)17)23-12(5)15(22)18-13-7-6-10(3)8-11(13)4/h6-9,12H,17H2,1-5H3,(H,18,22)/t12-/m1/s1. The lowest BCUT2D eigenvalue weighted by Gasteiger charge is -2.13. The topological polar surface area (TPSA) is 85.8 Å². The normalized spacial score (nSPS) is 12.4. The van der Waals surface area contributed by atoms with E-state index in [2.05, 4.69) is 15.5 Å². The molecule has 124 valence electrons. The van der Waals surface area contributed by atoms with Gasteiger partial charge in [-0.1, -0.05) is 43.3 Å². The van der Waals surface area contributed by atoms with E-state index < -0.39 is 0 Å². The van der Waals surface area contributed by atoms with Crippen LogP contribution in [0.3, 0.4) is 0 Å². The molecule has 1 aromatic heterocycles. The summed E-state index contributed by atoms with van der Waals surface area (Å²) in [7, 11) is 0. The number of nitrogens with two attached hydrogens (primary N) is 1. The van der Waals surface area contributed by atoms with Crippen molar-refractivity contribution < 1.29 is 4.79 Å². The lowest BCUT2D eigenvalue weighted by atomic mass is 10.1. The van der Waals surface area contributed by atoms with Gasteiger partial charge < -0.3 is 11.2 Å². The van der Waals surface area contributed by atoms with Crippen molar-refractivity contribution in [3.05, 3.63) is 35.2 Å². The van der Waals surface area contributed by atoms with Crippen molar-refractivity contribution in [3.63, 3.8) is 0 Å². The Balaban J connectivity index is 2.05. The van der Waals surface area contributed by atoms with Crippen LogP contribution < -0.4 is 11.2 Å². The average molecular weight is 333 g/mol. The van der Waals surface area contributed by atoms with Crippen molar-refractivity contribution in [1.82, 2.24) is 14.9 Å². The zero-order valence-electron chi connectivity index (χ0n) is 14.1. The summed E-state index contributed by atoms with van der Waals surface area (Å²) >= 11 is 1.30. The highest BCUT2D eigenvalue weighted by Gasteiger charge is 2.20. The van der Waals surface area contributed by atoms with Crippen molar-refractivity contribution >= 4 is 23.4 Å². The van der Waals surface area contributed by atoms with Gasteiger partial charge in [-0.25, -0.2) is 4.68 Å². The smallest absolute Gasteiger partial charge is 0.237 e. The van der Waals surface area contributed by atoms with E-state index >= 15 is 0 Å². The monoisotopic (exact) mass is 333 g/mol. The molecule has 0 bridgehead atoms. The highest BCUT2D eigenvalue weighted by atomic mass is 32.2. The van der Waals surface area contributed by atoms with Crippen molar-refractivity contribution in [1.29, 1.82) is 0 Å². The number of anilines is 1. The number of hydrogen-bond donors (Lipinski definition) is 2. The minimum Gasteiger partial charge on any atom is -0.336 e. The van der Waals surface area contributed by atoms with Crippen molar-refractivity contribution in [3.8, 4) is 0 Å². The molecule has 1 aromatic carbocycles. The molecular weight excluding hydrogens is 310 g/mol. The van der Waals surface area contributed by atoms with Gasteiger partial charge in [0.2, 0.25) is 11.1 Å². The van der Waals surface area contributed by atoms with E-state index in [1.54, 1.807) is 0 Å². The Hall–Kier alpha value is -2.02. The van der Waals surface area contributed by atoms with Gasteiger partial charge in [0.25, 0.3) is 0 Å². The molecule has 2 rings (SSSR count). The number of benzene rings is 1. The fraction of sp³-hybridized carbons (Fsp3) is 0.438. The molecule has 0 saturated carbocycles. The molecule has 6 nitrogen and oxygen atoms in total. The third-order valence-corrected chi connectivity index (χ3v) is 4.56. The molecule has 1 heterocycles. The summed E-state index contributed by atoms with van der Waals surface area (Å²) in [4.78, 5) is 12.4. The van der Waals surface area contributed by atoms with Crippen LogP contribution in [0.1, 0.15) is 43.6 Å². The number of nitrogens with zero attached hydrogens (tertiary/aromatic N) is 3. The number of hydrogen-bond acceptors (Lipinski definition) is 5. The maximum Gasteiger partial charge on any atom is 0.237 e. The van der Waals surface area contributed by atoms with Crippen LogP contribution in [-0.2, 0) is 4.79 Å². The van der Waals surface area contributed by atoms with E-state index in [9.17, 15) is 4.79 Å². The van der Waals surface area contributed by atoms with Crippen LogP contribution in [0.5, 0.6) is 0 Å². The van der Waals surface area contributed by atoms with Gasteiger partial charge in [0.05, 0.1) is 5.25 Å². The van der Waals surface area contributed by atoms with Crippen molar-refractivity contribution in [2.45, 2.75) is 50.9 Å². The first-order chi connectivity index (χ1) is 10.8. The van der Waals surface area contributed by atoms with E-state index in [-0.39, 0.29) is 17.1 Å². The van der Waals surface area contributed by atoms with Crippen molar-refractivity contribution in [2.24, 2.45) is 0 Å². The Labute approximate surface area is 140 Å². The van der Waals surface area contributed by atoms with Gasteiger partial charge in [0, 0.05) is 11.6 Å². The highest BCUT2D eigenvalue weighted by Crippen LogP contribution is 2.24. The summed E-state index contributed by atoms with van der Waals surface area (Å²) in [5.41, 5.74) is 3.03. The number of amides is 1. The molecule has 2 aromatic rings. The molecule has 0 unspecified atom stereocenters. The number of carbonyl (C=O) groups excluding carboxylic acids is 1. The molecule has 0 radical (unpaired) electrons. The first kappa shape index (κ1) is 17.3. The quantitative estimate of drug-likeness (QED) is 0.649. The Morgan fingerprint density at radius 3 is 2.52 bits per heavy atom. The zero-order valence-corrected chi connectivity index (χ0v) is 14.9. The molecule has 1 amide bonds. The first-order valence-electron chi connectivity index (χ1n) is 7.54. The number of nitrogens with one attached hydrogen (secondary N) is 1. The van der Waals surface area contributed by atoms with Crippen LogP contribution in [0.4, 0.5) is 5.69 Å². The molecule has 0 saturated heterocycles. The number of carbonyl (C=O) groups is 1. The summed E-state index contributed by atoms with van der Waals surface area (Å²) in [6, 6.07) is 5.94. The fourth-order valence-corrected chi connectivity index (χ4v) is 2.94. The number of aromatic nitrogens is 3. The molecular formula is C16H23N5OS. The van der Waals surface area contributed by atoms with Gasteiger partial charge in [0.15, 0.2) is 5.82 Å². The Kier molecular flexibility index (Phi) is 5.30. The fourth-order valence-electron chi connectivity index (χ4n) is 2.16. The Morgan fingerprint density at radius 2 is 1.96 bits per heavy atom. The second-order valence-electron chi connectivity index (χ2n) is 5.93. The summed E-state index contributed by atoms with van der Waals surface area (Å²) in [5, 5.41) is 11.3. The molecule has 0 spiro atoms. The lowest BCUT2D eigenvalue weighted by Crippen LogP contribution is -2.24. The van der Waals surface area contributed by atoms with Gasteiger partial charge in [-0.3, -0.25) is 4.79 Å². The predicted molar refractivity (Wildman–Crippen MR) is 94.1 cm³/mol. The maximum atomic E-state index is 12.4. The number of thioether (sulfide) groups is 1. The summed E-state index contributed by atoms with van der Waals surface area (Å²) in [6.07, 6.45) is 0. The SMILES string of the molecule is Cc1ccc(NC(=O)[C@@H](C)Sc2nnc(C(C)C)n2N)c(C)c1. The molecule has 23 heavy (non-hydrogen) atoms. The predicted octanol–water partition coefficient (Wildman–Crippen LogP) is 2.85. The number of nitrogen functional groups attached to an aromatic ring is 1. The van der Waals surface area contributed by atoms with E-state index in [0.717, 1.165) is 11.3 Å². The lowest BCUT2D eigenvalue weighted by molar-refractivity contribution is -0.115. The molecule has 0 aliphatic rings. The van der Waals surface area contributed by atoms with Crippen LogP contribution in [-0.4, -0.2) is 26.0 Å². The zero-order chi connectivity index (χ0) is 17.1. The number of aryl methyl sites for hydroxylation is 2. The van der Waals surface area contributed by atoms with Crippen LogP contribution in [0.2, 0.25) is 0 Å². The summed E-state index contributed by atoms with van der Waals surface area (Å²) in [6.45, 7) is 9.83. The van der Waals surface area contributed by atoms with Gasteiger partial charge >= 0.3 is 0 Å². The van der Waals surface area contributed by atoms with Crippen LogP contribution in [0, 0.1) is 13.8 Å². The second kappa shape index (κ2) is 7.04. The Morgan fingerprint density at radius 1 is 1.26 bits per heavy atom. The third kappa shape index (κ3) is 4.04. The molecule has 1 atom stereocenters. The minimum atomic E-state index is -0.331.